The highest BCUT2D eigenvalue weighted by Crippen LogP contribution is 2.22. The van der Waals surface area contributed by atoms with Crippen LogP contribution < -0.4 is 0 Å². The molecule has 96 valence electrons. The second-order valence-corrected chi connectivity index (χ2v) is 4.75. The van der Waals surface area contributed by atoms with E-state index in [0.717, 1.165) is 22.7 Å². The minimum absolute atomic E-state index is 0.145. The molecule has 1 aromatic rings. The van der Waals surface area contributed by atoms with Crippen LogP contribution in [0.15, 0.2) is 18.2 Å². The number of rotatable bonds is 6. The maximum atomic E-state index is 10.0. The third kappa shape index (κ3) is 4.64. The standard InChI is InChI=1S/C13H20ClNO2/c1-10-9-11(3-4-12(10)14)13(17)5-6-15(2)7-8-16/h3-4,9,13,16-17H,5-8H2,1-2H3. The summed E-state index contributed by atoms with van der Waals surface area (Å²) >= 11 is 5.94. The summed E-state index contributed by atoms with van der Waals surface area (Å²) in [6.45, 7) is 3.46. The molecule has 0 radical (unpaired) electrons. The SMILES string of the molecule is Cc1cc(C(O)CCN(C)CCO)ccc1Cl. The molecule has 0 bridgehead atoms. The number of benzene rings is 1. The van der Waals surface area contributed by atoms with E-state index < -0.39 is 6.10 Å². The van der Waals surface area contributed by atoms with Crippen LogP contribution in [0.4, 0.5) is 0 Å². The normalized spacial score (nSPS) is 13.1. The molecule has 0 spiro atoms. The average Bonchev–Trinajstić information content (AvgIpc) is 2.30. The summed E-state index contributed by atoms with van der Waals surface area (Å²) in [6.07, 6.45) is 0.171. The number of aliphatic hydroxyl groups is 2. The summed E-state index contributed by atoms with van der Waals surface area (Å²) in [7, 11) is 1.93. The number of hydrogen-bond acceptors (Lipinski definition) is 3. The average molecular weight is 258 g/mol. The van der Waals surface area contributed by atoms with Crippen LogP contribution in [0.3, 0.4) is 0 Å². The Morgan fingerprint density at radius 3 is 2.65 bits per heavy atom. The molecule has 0 heterocycles. The number of likely N-dealkylation sites (N-methyl/N-ethyl adjacent to an activating group) is 1. The smallest absolute Gasteiger partial charge is 0.0802 e. The van der Waals surface area contributed by atoms with Crippen molar-refractivity contribution < 1.29 is 10.2 Å². The van der Waals surface area contributed by atoms with Crippen LogP contribution >= 0.6 is 11.6 Å². The summed E-state index contributed by atoms with van der Waals surface area (Å²) < 4.78 is 0. The molecule has 0 aliphatic rings. The van der Waals surface area contributed by atoms with Gasteiger partial charge in [-0.1, -0.05) is 23.7 Å². The first-order valence-corrected chi connectivity index (χ1v) is 6.16. The van der Waals surface area contributed by atoms with Crippen LogP contribution in [0.25, 0.3) is 0 Å². The summed E-state index contributed by atoms with van der Waals surface area (Å²) in [4.78, 5) is 1.99. The quantitative estimate of drug-likeness (QED) is 0.819. The van der Waals surface area contributed by atoms with E-state index in [4.69, 9.17) is 16.7 Å². The van der Waals surface area contributed by atoms with Crippen LogP contribution in [0.5, 0.6) is 0 Å². The largest absolute Gasteiger partial charge is 0.395 e. The van der Waals surface area contributed by atoms with Crippen LogP contribution in [0.1, 0.15) is 23.7 Å². The molecule has 17 heavy (non-hydrogen) atoms. The van der Waals surface area contributed by atoms with Gasteiger partial charge in [-0.25, -0.2) is 0 Å². The number of aliphatic hydroxyl groups excluding tert-OH is 2. The highest BCUT2D eigenvalue weighted by molar-refractivity contribution is 6.31. The lowest BCUT2D eigenvalue weighted by molar-refractivity contribution is 0.141. The van der Waals surface area contributed by atoms with Gasteiger partial charge in [-0.05, 0) is 37.6 Å². The predicted octanol–water partition coefficient (Wildman–Crippen LogP) is 2.00. The maximum Gasteiger partial charge on any atom is 0.0802 e. The first kappa shape index (κ1) is 14.5. The van der Waals surface area contributed by atoms with Gasteiger partial charge >= 0.3 is 0 Å². The molecule has 3 nitrogen and oxygen atoms in total. The first-order chi connectivity index (χ1) is 8.04. The Bertz CT molecular complexity index is 357. The molecule has 1 atom stereocenters. The lowest BCUT2D eigenvalue weighted by Crippen LogP contribution is -2.24. The lowest BCUT2D eigenvalue weighted by atomic mass is 10.0. The van der Waals surface area contributed by atoms with Crippen molar-refractivity contribution in [3.63, 3.8) is 0 Å². The van der Waals surface area contributed by atoms with Gasteiger partial charge in [0.15, 0.2) is 0 Å². The van der Waals surface area contributed by atoms with E-state index in [1.807, 2.05) is 37.1 Å². The van der Waals surface area contributed by atoms with Gasteiger partial charge in [0.05, 0.1) is 12.7 Å². The van der Waals surface area contributed by atoms with Crippen molar-refractivity contribution >= 4 is 11.6 Å². The van der Waals surface area contributed by atoms with Gasteiger partial charge in [-0.3, -0.25) is 0 Å². The van der Waals surface area contributed by atoms with Gasteiger partial charge in [0.1, 0.15) is 0 Å². The molecular weight excluding hydrogens is 238 g/mol. The Morgan fingerprint density at radius 2 is 2.06 bits per heavy atom. The second-order valence-electron chi connectivity index (χ2n) is 4.34. The van der Waals surface area contributed by atoms with E-state index in [9.17, 15) is 5.11 Å². The Kier molecular flexibility index (Phi) is 5.92. The summed E-state index contributed by atoms with van der Waals surface area (Å²) in [5, 5.41) is 19.5. The Hall–Kier alpha value is -0.610. The van der Waals surface area contributed by atoms with Crippen molar-refractivity contribution in [2.24, 2.45) is 0 Å². The van der Waals surface area contributed by atoms with E-state index >= 15 is 0 Å². The van der Waals surface area contributed by atoms with E-state index in [0.29, 0.717) is 13.0 Å². The molecule has 0 aliphatic carbocycles. The van der Waals surface area contributed by atoms with E-state index in [1.165, 1.54) is 0 Å². The summed E-state index contributed by atoms with van der Waals surface area (Å²) in [5.74, 6) is 0. The molecule has 1 rings (SSSR count). The molecule has 0 saturated carbocycles. The third-order valence-electron chi connectivity index (χ3n) is 2.83. The van der Waals surface area contributed by atoms with Gasteiger partial charge in [-0.15, -0.1) is 0 Å². The third-order valence-corrected chi connectivity index (χ3v) is 3.26. The lowest BCUT2D eigenvalue weighted by Gasteiger charge is -2.18. The number of halogens is 1. The van der Waals surface area contributed by atoms with Crippen LogP contribution in [-0.4, -0.2) is 41.9 Å². The van der Waals surface area contributed by atoms with E-state index in [1.54, 1.807) is 0 Å². The maximum absolute atomic E-state index is 10.0. The van der Waals surface area contributed by atoms with Crippen molar-refractivity contribution in [2.75, 3.05) is 26.7 Å². The van der Waals surface area contributed by atoms with E-state index in [-0.39, 0.29) is 6.61 Å². The Balaban J connectivity index is 2.52. The summed E-state index contributed by atoms with van der Waals surface area (Å²) in [5.41, 5.74) is 1.87. The zero-order valence-electron chi connectivity index (χ0n) is 10.4. The Labute approximate surface area is 108 Å². The second kappa shape index (κ2) is 6.97. The van der Waals surface area contributed by atoms with Crippen molar-refractivity contribution in [1.29, 1.82) is 0 Å². The molecule has 1 aromatic carbocycles. The van der Waals surface area contributed by atoms with Crippen molar-refractivity contribution in [2.45, 2.75) is 19.4 Å². The van der Waals surface area contributed by atoms with E-state index in [2.05, 4.69) is 0 Å². The monoisotopic (exact) mass is 257 g/mol. The molecule has 0 aromatic heterocycles. The highest BCUT2D eigenvalue weighted by atomic mass is 35.5. The fourth-order valence-electron chi connectivity index (χ4n) is 1.67. The minimum atomic E-state index is -0.480. The first-order valence-electron chi connectivity index (χ1n) is 5.78. The van der Waals surface area contributed by atoms with Crippen LogP contribution in [0, 0.1) is 6.92 Å². The van der Waals surface area contributed by atoms with Gasteiger partial charge in [0.25, 0.3) is 0 Å². The fourth-order valence-corrected chi connectivity index (χ4v) is 1.78. The van der Waals surface area contributed by atoms with Gasteiger partial charge in [0.2, 0.25) is 0 Å². The topological polar surface area (TPSA) is 43.7 Å². The van der Waals surface area contributed by atoms with Crippen LogP contribution in [-0.2, 0) is 0 Å². The van der Waals surface area contributed by atoms with Crippen molar-refractivity contribution in [3.8, 4) is 0 Å². The zero-order valence-corrected chi connectivity index (χ0v) is 11.1. The fraction of sp³-hybridized carbons (Fsp3) is 0.538. The molecule has 0 amide bonds. The predicted molar refractivity (Wildman–Crippen MR) is 70.3 cm³/mol. The van der Waals surface area contributed by atoms with Crippen LogP contribution in [0.2, 0.25) is 5.02 Å². The Morgan fingerprint density at radius 1 is 1.35 bits per heavy atom. The number of nitrogens with zero attached hydrogens (tertiary/aromatic N) is 1. The molecular formula is C13H20ClNO2. The molecule has 2 N–H and O–H groups in total. The number of aryl methyl sites for hydroxylation is 1. The molecule has 0 saturated heterocycles. The zero-order chi connectivity index (χ0) is 12.8. The number of hydrogen-bond donors (Lipinski definition) is 2. The molecule has 0 fully saturated rings. The minimum Gasteiger partial charge on any atom is -0.395 e. The summed E-state index contributed by atoms with van der Waals surface area (Å²) in [6, 6.07) is 5.58. The van der Waals surface area contributed by atoms with Gasteiger partial charge in [0, 0.05) is 18.1 Å². The van der Waals surface area contributed by atoms with Crippen molar-refractivity contribution in [1.82, 2.24) is 4.90 Å². The molecule has 4 heteroatoms. The van der Waals surface area contributed by atoms with Crippen molar-refractivity contribution in [3.05, 3.63) is 34.3 Å². The molecule has 0 aliphatic heterocycles. The van der Waals surface area contributed by atoms with Gasteiger partial charge < -0.3 is 15.1 Å². The molecule has 1 unspecified atom stereocenters. The highest BCUT2D eigenvalue weighted by Gasteiger charge is 2.09. The van der Waals surface area contributed by atoms with Gasteiger partial charge in [-0.2, -0.15) is 0 Å².